The molecule has 0 aromatic heterocycles. The molecular formula is C17H23BrN2O2. The monoisotopic (exact) mass is 366 g/mol. The molecule has 1 aliphatic rings. The quantitative estimate of drug-likeness (QED) is 0.875. The van der Waals surface area contributed by atoms with Gasteiger partial charge in [-0.3, -0.25) is 4.90 Å². The number of para-hydroxylation sites is 1. The number of rotatable bonds is 4. The van der Waals surface area contributed by atoms with Gasteiger partial charge in [0.15, 0.2) is 0 Å². The third-order valence-electron chi connectivity index (χ3n) is 3.32. The third kappa shape index (κ3) is 4.34. The summed E-state index contributed by atoms with van der Waals surface area (Å²) < 4.78 is 6.43. The van der Waals surface area contributed by atoms with E-state index in [-0.39, 0.29) is 6.09 Å². The van der Waals surface area contributed by atoms with Crippen molar-refractivity contribution in [3.05, 3.63) is 40.4 Å². The first kappa shape index (κ1) is 17.0. The van der Waals surface area contributed by atoms with Crippen molar-refractivity contribution >= 4 is 27.7 Å². The van der Waals surface area contributed by atoms with Gasteiger partial charge in [-0.25, -0.2) is 4.79 Å². The van der Waals surface area contributed by atoms with Crippen molar-refractivity contribution < 1.29 is 9.53 Å². The van der Waals surface area contributed by atoms with Crippen LogP contribution in [0.15, 0.2) is 29.3 Å². The number of carbonyl (C=O) groups excluding carboxylic acids is 1. The highest BCUT2D eigenvalue weighted by atomic mass is 79.9. The van der Waals surface area contributed by atoms with Crippen molar-refractivity contribution in [3.8, 4) is 0 Å². The summed E-state index contributed by atoms with van der Waals surface area (Å²) in [4.78, 5) is 14.2. The van der Waals surface area contributed by atoms with E-state index in [1.807, 2.05) is 32.9 Å². The second-order valence-corrected chi connectivity index (χ2v) is 7.55. The second kappa shape index (κ2) is 6.84. The summed E-state index contributed by atoms with van der Waals surface area (Å²) in [6.07, 6.45) is 0.594. The third-order valence-corrected chi connectivity index (χ3v) is 3.60. The summed E-state index contributed by atoms with van der Waals surface area (Å²) in [5.74, 6) is 0. The molecule has 0 aliphatic carbocycles. The molecule has 120 valence electrons. The van der Waals surface area contributed by atoms with E-state index >= 15 is 0 Å². The van der Waals surface area contributed by atoms with Gasteiger partial charge in [0, 0.05) is 24.1 Å². The fraction of sp³-hybridized carbons (Fsp3) is 0.471. The van der Waals surface area contributed by atoms with Gasteiger partial charge >= 0.3 is 6.09 Å². The molecule has 0 spiro atoms. The van der Waals surface area contributed by atoms with Crippen LogP contribution < -0.4 is 10.2 Å². The highest BCUT2D eigenvalue weighted by Gasteiger charge is 2.30. The Hall–Kier alpha value is -1.33. The molecule has 0 fully saturated rings. The lowest BCUT2D eigenvalue weighted by Crippen LogP contribution is -2.36. The van der Waals surface area contributed by atoms with E-state index in [4.69, 9.17) is 4.74 Å². The Bertz CT molecular complexity index is 579. The Morgan fingerprint density at radius 3 is 2.82 bits per heavy atom. The van der Waals surface area contributed by atoms with Crippen LogP contribution in [0.1, 0.15) is 31.9 Å². The van der Waals surface area contributed by atoms with Crippen LogP contribution in [-0.4, -0.2) is 24.8 Å². The number of hydrogen-bond donors (Lipinski definition) is 1. The van der Waals surface area contributed by atoms with Gasteiger partial charge in [-0.2, -0.15) is 0 Å². The lowest BCUT2D eigenvalue weighted by atomic mass is 10.1. The molecule has 1 aromatic carbocycles. The van der Waals surface area contributed by atoms with Gasteiger partial charge in [0.1, 0.15) is 5.60 Å². The van der Waals surface area contributed by atoms with Crippen LogP contribution in [0.4, 0.5) is 10.5 Å². The highest BCUT2D eigenvalue weighted by Crippen LogP contribution is 2.33. The van der Waals surface area contributed by atoms with Gasteiger partial charge in [-0.15, -0.1) is 0 Å². The molecule has 0 saturated carbocycles. The van der Waals surface area contributed by atoms with Crippen molar-refractivity contribution in [1.29, 1.82) is 0 Å². The van der Waals surface area contributed by atoms with Gasteiger partial charge in [-0.05, 0) is 38.3 Å². The van der Waals surface area contributed by atoms with Crippen LogP contribution in [0.5, 0.6) is 0 Å². The lowest BCUT2D eigenvalue weighted by Gasteiger charge is -2.26. The van der Waals surface area contributed by atoms with Crippen LogP contribution >= 0.6 is 15.9 Å². The molecule has 2 rings (SSSR count). The zero-order valence-electron chi connectivity index (χ0n) is 13.4. The van der Waals surface area contributed by atoms with E-state index < -0.39 is 5.60 Å². The van der Waals surface area contributed by atoms with Crippen molar-refractivity contribution in [1.82, 2.24) is 5.32 Å². The number of nitrogens with zero attached hydrogens (tertiary/aromatic N) is 1. The smallest absolute Gasteiger partial charge is 0.414 e. The summed E-state index contributed by atoms with van der Waals surface area (Å²) >= 11 is 3.34. The van der Waals surface area contributed by atoms with E-state index in [1.165, 1.54) is 5.56 Å². The number of fused-ring (bicyclic) bond motifs is 1. The molecule has 0 saturated heterocycles. The minimum absolute atomic E-state index is 0.274. The molecule has 1 N–H and O–H groups in total. The maximum absolute atomic E-state index is 12.4. The Labute approximate surface area is 140 Å². The number of amides is 1. The fourth-order valence-electron chi connectivity index (χ4n) is 2.51. The van der Waals surface area contributed by atoms with E-state index in [2.05, 4.69) is 33.9 Å². The minimum Gasteiger partial charge on any atom is -0.443 e. The molecule has 0 atom stereocenters. The summed E-state index contributed by atoms with van der Waals surface area (Å²) in [6.45, 7) is 11.5. The summed E-state index contributed by atoms with van der Waals surface area (Å²) in [6, 6.07) is 6.16. The number of benzene rings is 1. The van der Waals surface area contributed by atoms with E-state index in [0.29, 0.717) is 19.6 Å². The Kier molecular flexibility index (Phi) is 5.29. The zero-order valence-corrected chi connectivity index (χ0v) is 15.0. The zero-order chi connectivity index (χ0) is 16.3. The van der Waals surface area contributed by atoms with Crippen LogP contribution in [-0.2, 0) is 17.7 Å². The number of carbonyl (C=O) groups is 1. The lowest BCUT2D eigenvalue weighted by molar-refractivity contribution is 0.0583. The number of anilines is 1. The predicted octanol–water partition coefficient (Wildman–Crippen LogP) is 3.98. The van der Waals surface area contributed by atoms with E-state index in [1.54, 1.807) is 4.90 Å². The first-order valence-electron chi connectivity index (χ1n) is 7.43. The second-order valence-electron chi connectivity index (χ2n) is 6.43. The molecule has 1 aromatic rings. The topological polar surface area (TPSA) is 41.6 Å². The van der Waals surface area contributed by atoms with Gasteiger partial charge in [0.25, 0.3) is 0 Å². The molecular weight excluding hydrogens is 344 g/mol. The Morgan fingerprint density at radius 1 is 1.45 bits per heavy atom. The number of hydrogen-bond acceptors (Lipinski definition) is 3. The molecule has 1 amide bonds. The fourth-order valence-corrected chi connectivity index (χ4v) is 2.71. The van der Waals surface area contributed by atoms with Gasteiger partial charge in [0.2, 0.25) is 0 Å². The maximum atomic E-state index is 12.4. The molecule has 0 radical (unpaired) electrons. The predicted molar refractivity (Wildman–Crippen MR) is 93.5 cm³/mol. The minimum atomic E-state index is -0.485. The van der Waals surface area contributed by atoms with Crippen molar-refractivity contribution in [2.75, 3.05) is 18.0 Å². The number of ether oxygens (including phenoxy) is 1. The van der Waals surface area contributed by atoms with Crippen LogP contribution in [0.2, 0.25) is 0 Å². The van der Waals surface area contributed by atoms with Crippen LogP contribution in [0.25, 0.3) is 0 Å². The SMILES string of the molecule is C=C(Br)CNCc1cccc2c1N(C(=O)OC(C)(C)C)CC2. The van der Waals surface area contributed by atoms with E-state index in [0.717, 1.165) is 22.2 Å². The van der Waals surface area contributed by atoms with Gasteiger partial charge in [0.05, 0.1) is 5.69 Å². The summed E-state index contributed by atoms with van der Waals surface area (Å²) in [7, 11) is 0. The van der Waals surface area contributed by atoms with Crippen LogP contribution in [0, 0.1) is 0 Å². The first-order chi connectivity index (χ1) is 10.3. The Morgan fingerprint density at radius 2 is 2.18 bits per heavy atom. The number of halogens is 1. The van der Waals surface area contributed by atoms with E-state index in [9.17, 15) is 4.79 Å². The van der Waals surface area contributed by atoms with Gasteiger partial charge in [-0.1, -0.05) is 40.7 Å². The molecule has 22 heavy (non-hydrogen) atoms. The van der Waals surface area contributed by atoms with Crippen molar-refractivity contribution in [2.45, 2.75) is 39.3 Å². The molecule has 0 bridgehead atoms. The van der Waals surface area contributed by atoms with Gasteiger partial charge < -0.3 is 10.1 Å². The van der Waals surface area contributed by atoms with Crippen molar-refractivity contribution in [2.24, 2.45) is 0 Å². The normalized spacial score (nSPS) is 13.9. The van der Waals surface area contributed by atoms with Crippen molar-refractivity contribution in [3.63, 3.8) is 0 Å². The first-order valence-corrected chi connectivity index (χ1v) is 8.22. The van der Waals surface area contributed by atoms with Crippen LogP contribution in [0.3, 0.4) is 0 Å². The standard InChI is InChI=1S/C17H23BrN2O2/c1-12(18)10-19-11-14-7-5-6-13-8-9-20(15(13)14)16(21)22-17(2,3)4/h5-7,19H,1,8-11H2,2-4H3. The summed E-state index contributed by atoms with van der Waals surface area (Å²) in [5, 5.41) is 3.31. The molecule has 5 heteroatoms. The maximum Gasteiger partial charge on any atom is 0.414 e. The molecule has 1 heterocycles. The molecule has 4 nitrogen and oxygen atoms in total. The number of nitrogens with one attached hydrogen (secondary N) is 1. The largest absolute Gasteiger partial charge is 0.443 e. The average molecular weight is 367 g/mol. The Balaban J connectivity index is 2.17. The highest BCUT2D eigenvalue weighted by molar-refractivity contribution is 9.11. The molecule has 0 unspecified atom stereocenters. The molecule has 1 aliphatic heterocycles. The summed E-state index contributed by atoms with van der Waals surface area (Å²) in [5.41, 5.74) is 2.81. The average Bonchev–Trinajstić information content (AvgIpc) is 2.81.